The second-order valence-corrected chi connectivity index (χ2v) is 33.0. The van der Waals surface area contributed by atoms with Gasteiger partial charge in [-0.3, -0.25) is 0 Å². The Balaban J connectivity index is 0.691. The Morgan fingerprint density at radius 2 is 0.607 bits per heavy atom. The molecule has 0 N–H and O–H groups in total. The van der Waals surface area contributed by atoms with Gasteiger partial charge in [0.15, 0.2) is 0 Å². The van der Waals surface area contributed by atoms with E-state index in [2.05, 4.69) is 345 Å². The maximum Gasteiger partial charge on any atom is 0.242 e. The molecule has 4 nitrogen and oxygen atoms in total. The third-order valence-corrected chi connectivity index (χ3v) is 28.3. The molecule has 10 heterocycles. The largest absolute Gasteiger partial charge is 0.306 e. The first-order valence-electron chi connectivity index (χ1n) is 39.8. The van der Waals surface area contributed by atoms with Crippen molar-refractivity contribution < 1.29 is 0 Å². The van der Waals surface area contributed by atoms with Crippen molar-refractivity contribution in [3.05, 3.63) is 328 Å². The van der Waals surface area contributed by atoms with E-state index in [4.69, 9.17) is 0 Å². The number of fused-ring (bicyclic) bond motifs is 32. The van der Waals surface area contributed by atoms with Crippen LogP contribution < -0.4 is 65.6 Å². The lowest BCUT2D eigenvalue weighted by molar-refractivity contribution is 1.14. The highest BCUT2D eigenvalue weighted by Gasteiger charge is 2.50. The Labute approximate surface area is 641 Å². The van der Waals surface area contributed by atoms with E-state index in [1.54, 1.807) is 0 Å². The SMILES string of the molecule is c1ccc(B2c3cc(-c4cc5c6ccccc6n6c7cc8ccc9c%10c(cc%11ccc(c8c%119)c7n(-c7ccccc7)c(c4)c56)B4c5ccccc5-c5ccc6c(c54)B%10c4ccccc4-6)cc4c3B(c3ccccc3-4)c3cc4ccc5c6c(ccc(c32)c46)cc2c5n3c4ccccc4c4ccc5c6ccccc6n2c5c43)cc1. The van der Waals surface area contributed by atoms with Gasteiger partial charge in [0, 0.05) is 48.8 Å². The van der Waals surface area contributed by atoms with E-state index in [0.29, 0.717) is 0 Å². The van der Waals surface area contributed by atoms with Crippen LogP contribution in [0.25, 0.3) is 208 Å². The Morgan fingerprint density at radius 1 is 0.188 bits per heavy atom. The van der Waals surface area contributed by atoms with E-state index in [1.807, 2.05) is 0 Å². The molecule has 0 bridgehead atoms. The number of aromatic nitrogens is 4. The normalized spacial score (nSPS) is 13.8. The van der Waals surface area contributed by atoms with Gasteiger partial charge in [-0.15, -0.1) is 0 Å². The number of rotatable bonds is 3. The first-order chi connectivity index (χ1) is 55.6. The molecule has 5 aliphatic rings. The van der Waals surface area contributed by atoms with E-state index < -0.39 is 0 Å². The van der Waals surface area contributed by atoms with E-state index >= 15 is 0 Å². The van der Waals surface area contributed by atoms with E-state index in [9.17, 15) is 0 Å². The zero-order chi connectivity index (χ0) is 71.7. The van der Waals surface area contributed by atoms with Crippen molar-refractivity contribution in [3.63, 3.8) is 0 Å². The Bertz CT molecular complexity index is 8800. The summed E-state index contributed by atoms with van der Waals surface area (Å²) in [7, 11) is 0. The van der Waals surface area contributed by atoms with Crippen LogP contribution in [0.4, 0.5) is 0 Å². The number of para-hydroxylation sites is 4. The minimum Gasteiger partial charge on any atom is -0.306 e. The van der Waals surface area contributed by atoms with E-state index in [-0.39, 0.29) is 26.9 Å². The van der Waals surface area contributed by atoms with Gasteiger partial charge in [0.05, 0.1) is 60.7 Å². The summed E-state index contributed by atoms with van der Waals surface area (Å²) in [4.78, 5) is 0. The molecule has 112 heavy (non-hydrogen) atoms. The molecule has 25 aromatic rings. The minimum atomic E-state index is -0.0878. The van der Waals surface area contributed by atoms with Crippen molar-refractivity contribution in [2.75, 3.05) is 0 Å². The molecule has 8 heteroatoms. The van der Waals surface area contributed by atoms with E-state index in [0.717, 1.165) is 5.69 Å². The molecule has 0 atom stereocenters. The first-order valence-corrected chi connectivity index (χ1v) is 39.8. The molecule has 20 aromatic carbocycles. The smallest absolute Gasteiger partial charge is 0.242 e. The van der Waals surface area contributed by atoms with Crippen LogP contribution in [0.2, 0.25) is 0 Å². The summed E-state index contributed by atoms with van der Waals surface area (Å²) in [6, 6.07) is 128. The fourth-order valence-electron chi connectivity index (χ4n) is 24.4. The summed E-state index contributed by atoms with van der Waals surface area (Å²) >= 11 is 0. The molecule has 0 radical (unpaired) electrons. The van der Waals surface area contributed by atoms with Gasteiger partial charge in [0.1, 0.15) is 0 Å². The topological polar surface area (TPSA) is 18.2 Å². The van der Waals surface area contributed by atoms with Crippen LogP contribution in [0.1, 0.15) is 0 Å². The second-order valence-electron chi connectivity index (χ2n) is 33.0. The van der Waals surface area contributed by atoms with Gasteiger partial charge in [-0.2, -0.15) is 0 Å². The maximum absolute atomic E-state index is 2.65. The van der Waals surface area contributed by atoms with E-state index in [1.165, 1.54) is 268 Å². The zero-order valence-corrected chi connectivity index (χ0v) is 60.3. The van der Waals surface area contributed by atoms with Gasteiger partial charge < -0.3 is 17.8 Å². The van der Waals surface area contributed by atoms with Crippen molar-refractivity contribution in [1.29, 1.82) is 0 Å². The Hall–Kier alpha value is -14.1. The van der Waals surface area contributed by atoms with Crippen LogP contribution >= 0.6 is 0 Å². The summed E-state index contributed by atoms with van der Waals surface area (Å²) in [6.07, 6.45) is 0. The average molecular weight is 1400 g/mol. The van der Waals surface area contributed by atoms with Crippen molar-refractivity contribution >= 4 is 250 Å². The predicted molar refractivity (Wildman–Crippen MR) is 479 cm³/mol. The lowest BCUT2D eigenvalue weighted by Crippen LogP contribution is -2.74. The fraction of sp³-hybridized carbons (Fsp3) is 0. The third kappa shape index (κ3) is 6.46. The molecule has 502 valence electrons. The summed E-state index contributed by atoms with van der Waals surface area (Å²) < 4.78 is 10.5. The van der Waals surface area contributed by atoms with Crippen molar-refractivity contribution in [2.24, 2.45) is 0 Å². The monoisotopic (exact) mass is 1400 g/mol. The standard InChI is InChI=1S/C104H54B4N4/c1-3-19-61(20-4-1)105-82-51-59(47-77-65-25-9-14-30-80(65)106(97(77)82)83-49-55-38-42-76-94-58(35-39-73(91(55)94)95(83)105)53-90-101(76)112-87-34-18-11-27-67(87)72-46-45-71-66-26-10-16-32-85(66)111(90)103(71)104(72)112)60-48-78-68-28-12-17-33-86(68)110-89-52-57-36-40-74-92-56(37-41-75(93(57)92)100(89)109(88(54-60)102(78)110)62-21-5-2-6-22-62)50-84-96(74)108-81-31-15-8-24-64(81)70-44-43-69-63-23-7-13-29-79(63)107(84)98(69)99(70)108/h1-54H. The molecule has 0 amide bonds. The average Bonchev–Trinajstić information content (AvgIpc) is 1.39. The zero-order valence-electron chi connectivity index (χ0n) is 60.3. The molecule has 0 unspecified atom stereocenters. The molecular weight excluding hydrogens is 1350 g/mol. The number of benzene rings is 20. The number of hydrogen-bond donors (Lipinski definition) is 0. The molecular formula is C104H54B4N4. The fourth-order valence-corrected chi connectivity index (χ4v) is 24.4. The number of nitrogens with zero attached hydrogens (tertiary/aromatic N) is 4. The molecule has 0 aliphatic carbocycles. The summed E-state index contributed by atoms with van der Waals surface area (Å²) in [5.74, 6) is 0. The maximum atomic E-state index is 2.65. The van der Waals surface area contributed by atoms with Crippen molar-refractivity contribution in [2.45, 2.75) is 0 Å². The molecule has 0 fully saturated rings. The van der Waals surface area contributed by atoms with Gasteiger partial charge in [0.25, 0.3) is 0 Å². The Kier molecular flexibility index (Phi) is 9.94. The van der Waals surface area contributed by atoms with Gasteiger partial charge in [-0.1, -0.05) is 332 Å². The van der Waals surface area contributed by atoms with Crippen LogP contribution in [-0.2, 0) is 0 Å². The third-order valence-electron chi connectivity index (χ3n) is 28.3. The molecule has 0 saturated heterocycles. The van der Waals surface area contributed by atoms with Gasteiger partial charge >= 0.3 is 0 Å². The van der Waals surface area contributed by atoms with Crippen LogP contribution in [-0.4, -0.2) is 44.6 Å². The summed E-state index contributed by atoms with van der Waals surface area (Å²) in [6.45, 7) is 0.222. The highest BCUT2D eigenvalue weighted by molar-refractivity contribution is 7.16. The molecule has 5 aromatic heterocycles. The van der Waals surface area contributed by atoms with Crippen LogP contribution in [0.3, 0.4) is 0 Å². The molecule has 5 aliphatic heterocycles. The molecule has 0 saturated carbocycles. The van der Waals surface area contributed by atoms with Crippen LogP contribution in [0, 0.1) is 0 Å². The summed E-state index contributed by atoms with van der Waals surface area (Å²) in [5.41, 5.74) is 42.4. The first kappa shape index (κ1) is 57.1. The van der Waals surface area contributed by atoms with Gasteiger partial charge in [-0.25, -0.2) is 0 Å². The summed E-state index contributed by atoms with van der Waals surface area (Å²) in [5, 5.41) is 23.3. The van der Waals surface area contributed by atoms with Crippen LogP contribution in [0.15, 0.2) is 328 Å². The lowest BCUT2D eigenvalue weighted by atomic mass is 9.21. The van der Waals surface area contributed by atoms with Crippen molar-refractivity contribution in [1.82, 2.24) is 17.8 Å². The predicted octanol–water partition coefficient (Wildman–Crippen LogP) is 16.8. The second kappa shape index (κ2) is 19.5. The number of hydrogen-bond acceptors (Lipinski definition) is 0. The van der Waals surface area contributed by atoms with Crippen LogP contribution in [0.5, 0.6) is 0 Å². The Morgan fingerprint density at radius 3 is 1.23 bits per heavy atom. The highest BCUT2D eigenvalue weighted by atomic mass is 15.1. The highest BCUT2D eigenvalue weighted by Crippen LogP contribution is 2.50. The molecule has 30 rings (SSSR count). The van der Waals surface area contributed by atoms with Crippen molar-refractivity contribution in [3.8, 4) is 50.2 Å². The quantitative estimate of drug-likeness (QED) is 0.0954. The van der Waals surface area contributed by atoms with Gasteiger partial charge in [-0.05, 0) is 159 Å². The van der Waals surface area contributed by atoms with Gasteiger partial charge in [0.2, 0.25) is 26.9 Å². The molecule has 0 spiro atoms. The minimum absolute atomic E-state index is 0.0310. The lowest BCUT2D eigenvalue weighted by Gasteiger charge is -2.33.